The summed E-state index contributed by atoms with van der Waals surface area (Å²) < 4.78 is 0. The number of amides is 3. The third-order valence-electron chi connectivity index (χ3n) is 4.24. The number of urea groups is 1. The number of benzene rings is 2. The number of imide groups is 1. The average molecular weight is 330 g/mol. The molecule has 1 heterocycles. The van der Waals surface area contributed by atoms with Crippen LogP contribution in [0.3, 0.4) is 0 Å². The van der Waals surface area contributed by atoms with Crippen LogP contribution in [0.25, 0.3) is 0 Å². The van der Waals surface area contributed by atoms with Gasteiger partial charge in [-0.1, -0.05) is 24.3 Å². The maximum Gasteiger partial charge on any atom is 0.325 e. The Balaban J connectivity index is 1.91. The highest BCUT2D eigenvalue weighted by Crippen LogP contribution is 2.30. The number of nitrogens with one attached hydrogen (secondary N) is 1. The molecule has 6 heteroatoms. The summed E-state index contributed by atoms with van der Waals surface area (Å²) in [6.07, 6.45) is 0. The molecule has 0 bridgehead atoms. The van der Waals surface area contributed by atoms with Gasteiger partial charge in [0.25, 0.3) is 5.91 Å². The van der Waals surface area contributed by atoms with Crippen molar-refractivity contribution in [2.45, 2.75) is 19.0 Å². The molecule has 0 radical (unpaired) electrons. The van der Waals surface area contributed by atoms with Crippen molar-refractivity contribution in [1.82, 2.24) is 10.2 Å². The highest BCUT2D eigenvalue weighted by molar-refractivity contribution is 6.07. The molecule has 2 aromatic carbocycles. The quantitative estimate of drug-likeness (QED) is 0.874. The van der Waals surface area contributed by atoms with Crippen LogP contribution in [0.2, 0.25) is 0 Å². The number of nitrogens with zero attached hydrogens (tertiary/aromatic N) is 3. The van der Waals surface area contributed by atoms with Crippen molar-refractivity contribution in [2.75, 3.05) is 0 Å². The molecule has 0 spiro atoms. The normalized spacial score (nSPS) is 19.2. The lowest BCUT2D eigenvalue weighted by Gasteiger charge is -2.22. The van der Waals surface area contributed by atoms with Gasteiger partial charge >= 0.3 is 6.03 Å². The van der Waals surface area contributed by atoms with E-state index >= 15 is 0 Å². The lowest BCUT2D eigenvalue weighted by molar-refractivity contribution is -0.131. The highest BCUT2D eigenvalue weighted by Gasteiger charge is 2.48. The van der Waals surface area contributed by atoms with Crippen LogP contribution in [0.5, 0.6) is 0 Å². The molecule has 25 heavy (non-hydrogen) atoms. The van der Waals surface area contributed by atoms with E-state index in [1.54, 1.807) is 55.5 Å². The molecule has 1 fully saturated rings. The van der Waals surface area contributed by atoms with Crippen molar-refractivity contribution in [3.8, 4) is 12.1 Å². The summed E-state index contributed by atoms with van der Waals surface area (Å²) in [6, 6.07) is 17.0. The van der Waals surface area contributed by atoms with Crippen LogP contribution < -0.4 is 5.32 Å². The lowest BCUT2D eigenvalue weighted by atomic mass is 9.91. The van der Waals surface area contributed by atoms with Crippen LogP contribution in [-0.4, -0.2) is 16.8 Å². The van der Waals surface area contributed by atoms with Crippen molar-refractivity contribution in [1.29, 1.82) is 10.5 Å². The molecule has 1 N–H and O–H groups in total. The number of carbonyl (C=O) groups is 2. The fraction of sp³-hybridized carbons (Fsp3) is 0.158. The zero-order chi connectivity index (χ0) is 18.0. The minimum Gasteiger partial charge on any atom is -0.319 e. The second-order valence-electron chi connectivity index (χ2n) is 5.95. The summed E-state index contributed by atoms with van der Waals surface area (Å²) in [6.45, 7) is 1.70. The number of rotatable bonds is 3. The summed E-state index contributed by atoms with van der Waals surface area (Å²) in [5.41, 5.74) is 0.905. The van der Waals surface area contributed by atoms with Crippen LogP contribution in [0, 0.1) is 22.7 Å². The second kappa shape index (κ2) is 6.10. The summed E-state index contributed by atoms with van der Waals surface area (Å²) in [7, 11) is 0. The highest BCUT2D eigenvalue weighted by atomic mass is 16.2. The van der Waals surface area contributed by atoms with Crippen LogP contribution >= 0.6 is 0 Å². The van der Waals surface area contributed by atoms with Crippen LogP contribution in [0.1, 0.15) is 29.2 Å². The Hall–Kier alpha value is -3.64. The standard InChI is InChI=1S/C19H14N4O2/c1-19(16-7-3-5-14(9-16)11-21)17(24)23(18(25)22-19)12-15-6-2-4-13(8-15)10-20/h2-9H,12H2,1H3,(H,22,25)/t19-/m0/s1. The molecule has 1 aliphatic rings. The first-order valence-corrected chi connectivity index (χ1v) is 7.62. The van der Waals surface area contributed by atoms with E-state index in [9.17, 15) is 9.59 Å². The van der Waals surface area contributed by atoms with Gasteiger partial charge in [0.1, 0.15) is 5.54 Å². The van der Waals surface area contributed by atoms with Gasteiger partial charge in [-0.25, -0.2) is 4.79 Å². The second-order valence-corrected chi connectivity index (χ2v) is 5.95. The molecule has 3 amide bonds. The predicted molar refractivity (Wildman–Crippen MR) is 88.7 cm³/mol. The van der Waals surface area contributed by atoms with Crippen LogP contribution in [0.4, 0.5) is 4.79 Å². The molecule has 2 aromatic rings. The van der Waals surface area contributed by atoms with E-state index in [0.29, 0.717) is 22.3 Å². The van der Waals surface area contributed by atoms with Crippen LogP contribution in [-0.2, 0) is 16.9 Å². The van der Waals surface area contributed by atoms with Gasteiger partial charge in [-0.05, 0) is 42.3 Å². The van der Waals surface area contributed by atoms with Gasteiger partial charge in [-0.15, -0.1) is 0 Å². The van der Waals surface area contributed by atoms with E-state index in [1.165, 1.54) is 0 Å². The van der Waals surface area contributed by atoms with E-state index in [0.717, 1.165) is 4.90 Å². The van der Waals surface area contributed by atoms with Crippen molar-refractivity contribution in [3.05, 3.63) is 70.8 Å². The Bertz CT molecular complexity index is 954. The Labute approximate surface area is 144 Å². The third kappa shape index (κ3) is 2.82. The SMILES string of the molecule is C[C@@]1(c2cccc(C#N)c2)NC(=O)N(Cc2cccc(C#N)c2)C1=O. The molecule has 6 nitrogen and oxygen atoms in total. The van der Waals surface area contributed by atoms with Gasteiger partial charge in [-0.2, -0.15) is 10.5 Å². The minimum atomic E-state index is -1.23. The van der Waals surface area contributed by atoms with Crippen molar-refractivity contribution in [2.24, 2.45) is 0 Å². The Morgan fingerprint density at radius 1 is 1.04 bits per heavy atom. The monoisotopic (exact) mass is 330 g/mol. The summed E-state index contributed by atoms with van der Waals surface area (Å²) >= 11 is 0. The molecule has 0 unspecified atom stereocenters. The Morgan fingerprint density at radius 3 is 2.36 bits per heavy atom. The molecule has 0 aliphatic carbocycles. The molecule has 1 aliphatic heterocycles. The predicted octanol–water partition coefficient (Wildman–Crippen LogP) is 2.40. The summed E-state index contributed by atoms with van der Waals surface area (Å²) in [5.74, 6) is -0.394. The first-order valence-electron chi connectivity index (χ1n) is 7.62. The first kappa shape index (κ1) is 16.2. The van der Waals surface area contributed by atoms with Gasteiger partial charge in [0.2, 0.25) is 0 Å². The van der Waals surface area contributed by atoms with E-state index < -0.39 is 17.5 Å². The Morgan fingerprint density at radius 2 is 1.68 bits per heavy atom. The van der Waals surface area contributed by atoms with E-state index in [4.69, 9.17) is 10.5 Å². The van der Waals surface area contributed by atoms with Crippen molar-refractivity contribution in [3.63, 3.8) is 0 Å². The number of hydrogen-bond donors (Lipinski definition) is 1. The minimum absolute atomic E-state index is 0.0771. The van der Waals surface area contributed by atoms with Gasteiger partial charge in [0.05, 0.1) is 29.8 Å². The Kier molecular flexibility index (Phi) is 3.96. The van der Waals surface area contributed by atoms with Crippen molar-refractivity contribution >= 4 is 11.9 Å². The molecule has 122 valence electrons. The topological polar surface area (TPSA) is 97.0 Å². The van der Waals surface area contributed by atoms with Crippen molar-refractivity contribution < 1.29 is 9.59 Å². The molecule has 0 saturated carbocycles. The van der Waals surface area contributed by atoms with E-state index in [1.807, 2.05) is 12.1 Å². The fourth-order valence-electron chi connectivity index (χ4n) is 2.86. The first-order chi connectivity index (χ1) is 12.0. The van der Waals surface area contributed by atoms with Crippen LogP contribution in [0.15, 0.2) is 48.5 Å². The number of nitriles is 2. The number of carbonyl (C=O) groups excluding carboxylic acids is 2. The molecule has 0 aromatic heterocycles. The smallest absolute Gasteiger partial charge is 0.319 e. The molecule has 1 atom stereocenters. The van der Waals surface area contributed by atoms with Gasteiger partial charge in [0, 0.05) is 0 Å². The summed E-state index contributed by atoms with van der Waals surface area (Å²) in [5, 5.41) is 20.7. The molecule has 1 saturated heterocycles. The van der Waals surface area contributed by atoms with Gasteiger partial charge in [0.15, 0.2) is 0 Å². The maximum absolute atomic E-state index is 12.9. The fourth-order valence-corrected chi connectivity index (χ4v) is 2.86. The largest absolute Gasteiger partial charge is 0.325 e. The molecular weight excluding hydrogens is 316 g/mol. The summed E-state index contributed by atoms with van der Waals surface area (Å²) in [4.78, 5) is 26.4. The number of hydrogen-bond acceptors (Lipinski definition) is 4. The molecule has 3 rings (SSSR count). The average Bonchev–Trinajstić information content (AvgIpc) is 2.86. The van der Waals surface area contributed by atoms with Gasteiger partial charge < -0.3 is 5.32 Å². The lowest BCUT2D eigenvalue weighted by Crippen LogP contribution is -2.40. The maximum atomic E-state index is 12.9. The molecular formula is C19H14N4O2. The van der Waals surface area contributed by atoms with E-state index in [-0.39, 0.29) is 6.54 Å². The van der Waals surface area contributed by atoms with E-state index in [2.05, 4.69) is 5.32 Å². The third-order valence-corrected chi connectivity index (χ3v) is 4.24. The van der Waals surface area contributed by atoms with Gasteiger partial charge in [-0.3, -0.25) is 9.69 Å². The zero-order valence-electron chi connectivity index (χ0n) is 13.5. The zero-order valence-corrected chi connectivity index (χ0v) is 13.5.